The number of halogens is 2. The number of nitrogens with zero attached hydrogens (tertiary/aromatic N) is 2. The Kier molecular flexibility index (Phi) is 7.00. The Morgan fingerprint density at radius 2 is 1.79 bits per heavy atom. The molecule has 1 aliphatic rings. The summed E-state index contributed by atoms with van der Waals surface area (Å²) in [6.07, 6.45) is 0. The van der Waals surface area contributed by atoms with Crippen molar-refractivity contribution in [2.75, 3.05) is 44.6 Å². The van der Waals surface area contributed by atoms with E-state index in [0.29, 0.717) is 36.4 Å². The summed E-state index contributed by atoms with van der Waals surface area (Å²) in [4.78, 5) is 28.2. The summed E-state index contributed by atoms with van der Waals surface area (Å²) in [5.41, 5.74) is 0.769. The molecular formula is C20H21BrFN3O3. The van der Waals surface area contributed by atoms with E-state index in [0.717, 1.165) is 5.69 Å². The molecule has 28 heavy (non-hydrogen) atoms. The lowest BCUT2D eigenvalue weighted by atomic mass is 10.3. The average Bonchev–Trinajstić information content (AvgIpc) is 2.68. The molecule has 0 saturated carbocycles. The molecule has 0 atom stereocenters. The smallest absolute Gasteiger partial charge is 0.260 e. The molecule has 0 bridgehead atoms. The van der Waals surface area contributed by atoms with Gasteiger partial charge in [-0.3, -0.25) is 14.5 Å². The van der Waals surface area contributed by atoms with Crippen molar-refractivity contribution in [1.82, 2.24) is 9.80 Å². The van der Waals surface area contributed by atoms with Crippen LogP contribution in [-0.4, -0.2) is 60.9 Å². The highest BCUT2D eigenvalue weighted by atomic mass is 79.9. The zero-order valence-electron chi connectivity index (χ0n) is 15.2. The molecule has 2 amide bonds. The van der Waals surface area contributed by atoms with Gasteiger partial charge in [-0.2, -0.15) is 0 Å². The van der Waals surface area contributed by atoms with E-state index in [-0.39, 0.29) is 30.8 Å². The Labute approximate surface area is 171 Å². The van der Waals surface area contributed by atoms with Crippen LogP contribution in [-0.2, 0) is 9.59 Å². The van der Waals surface area contributed by atoms with E-state index in [1.54, 1.807) is 4.90 Å². The zero-order chi connectivity index (χ0) is 19.9. The second-order valence-electron chi connectivity index (χ2n) is 6.43. The van der Waals surface area contributed by atoms with Gasteiger partial charge in [0.15, 0.2) is 6.61 Å². The van der Waals surface area contributed by atoms with E-state index in [1.807, 2.05) is 35.2 Å². The average molecular weight is 450 g/mol. The molecule has 0 spiro atoms. The Morgan fingerprint density at radius 3 is 2.46 bits per heavy atom. The van der Waals surface area contributed by atoms with Crippen molar-refractivity contribution in [3.05, 3.63) is 58.8 Å². The summed E-state index contributed by atoms with van der Waals surface area (Å²) in [7, 11) is 0. The summed E-state index contributed by atoms with van der Waals surface area (Å²) in [5, 5.41) is 2.86. The molecule has 1 heterocycles. The van der Waals surface area contributed by atoms with E-state index in [9.17, 15) is 14.0 Å². The van der Waals surface area contributed by atoms with Gasteiger partial charge >= 0.3 is 0 Å². The number of carbonyl (C=O) groups is 2. The lowest BCUT2D eigenvalue weighted by Gasteiger charge is -2.34. The van der Waals surface area contributed by atoms with E-state index < -0.39 is 0 Å². The fourth-order valence-corrected chi connectivity index (χ4v) is 3.37. The molecule has 8 heteroatoms. The monoisotopic (exact) mass is 449 g/mol. The van der Waals surface area contributed by atoms with Gasteiger partial charge in [0.2, 0.25) is 5.91 Å². The van der Waals surface area contributed by atoms with Crippen LogP contribution < -0.4 is 10.1 Å². The number of piperazine rings is 1. The second-order valence-corrected chi connectivity index (χ2v) is 7.29. The first kappa shape index (κ1) is 20.3. The summed E-state index contributed by atoms with van der Waals surface area (Å²) in [5.74, 6) is -0.163. The van der Waals surface area contributed by atoms with Crippen molar-refractivity contribution in [2.45, 2.75) is 0 Å². The van der Waals surface area contributed by atoms with Crippen molar-refractivity contribution < 1.29 is 18.7 Å². The topological polar surface area (TPSA) is 61.9 Å². The number of ether oxygens (including phenoxy) is 1. The van der Waals surface area contributed by atoms with Crippen LogP contribution in [0, 0.1) is 5.82 Å². The van der Waals surface area contributed by atoms with Gasteiger partial charge < -0.3 is 15.0 Å². The molecule has 0 unspecified atom stereocenters. The number of benzene rings is 2. The number of nitrogens with one attached hydrogen (secondary N) is 1. The maximum Gasteiger partial charge on any atom is 0.260 e. The minimum atomic E-state index is -0.377. The molecule has 0 radical (unpaired) electrons. The number of amides is 2. The number of hydrogen-bond acceptors (Lipinski definition) is 4. The second kappa shape index (κ2) is 9.66. The van der Waals surface area contributed by atoms with E-state index >= 15 is 0 Å². The number of anilines is 1. The molecule has 1 saturated heterocycles. The molecule has 0 aromatic heterocycles. The van der Waals surface area contributed by atoms with Crippen LogP contribution in [0.15, 0.2) is 53.0 Å². The lowest BCUT2D eigenvalue weighted by molar-refractivity contribution is -0.135. The quantitative estimate of drug-likeness (QED) is 0.736. The third-order valence-electron chi connectivity index (χ3n) is 4.39. The van der Waals surface area contributed by atoms with Gasteiger partial charge in [-0.1, -0.05) is 18.2 Å². The highest BCUT2D eigenvalue weighted by Crippen LogP contribution is 2.25. The van der Waals surface area contributed by atoms with Gasteiger partial charge in [0.1, 0.15) is 11.6 Å². The lowest BCUT2D eigenvalue weighted by Crippen LogP contribution is -2.51. The highest BCUT2D eigenvalue weighted by molar-refractivity contribution is 9.10. The van der Waals surface area contributed by atoms with Crippen LogP contribution in [0.2, 0.25) is 0 Å². The van der Waals surface area contributed by atoms with Crippen molar-refractivity contribution in [3.8, 4) is 5.75 Å². The first-order valence-corrected chi connectivity index (χ1v) is 9.73. The highest BCUT2D eigenvalue weighted by Gasteiger charge is 2.23. The van der Waals surface area contributed by atoms with E-state index in [4.69, 9.17) is 4.74 Å². The van der Waals surface area contributed by atoms with Crippen LogP contribution >= 0.6 is 15.9 Å². The van der Waals surface area contributed by atoms with Gasteiger partial charge in [0.25, 0.3) is 5.91 Å². The van der Waals surface area contributed by atoms with Gasteiger partial charge in [-0.15, -0.1) is 0 Å². The maximum absolute atomic E-state index is 13.1. The Balaban J connectivity index is 1.40. The summed E-state index contributed by atoms with van der Waals surface area (Å²) >= 11 is 3.21. The Bertz CT molecular complexity index is 827. The van der Waals surface area contributed by atoms with Crippen LogP contribution in [0.5, 0.6) is 5.75 Å². The third-order valence-corrected chi connectivity index (χ3v) is 5.01. The maximum atomic E-state index is 13.1. The van der Waals surface area contributed by atoms with Gasteiger partial charge in [-0.05, 0) is 46.3 Å². The minimum Gasteiger partial charge on any atom is -0.483 e. The van der Waals surface area contributed by atoms with Crippen LogP contribution in [0.25, 0.3) is 0 Å². The SMILES string of the molecule is O=C(CN1CCN(C(=O)COc2ccc(F)cc2Br)CC1)Nc1ccccc1. The van der Waals surface area contributed by atoms with Crippen LogP contribution in [0.4, 0.5) is 10.1 Å². The summed E-state index contributed by atoms with van der Waals surface area (Å²) in [6, 6.07) is 13.4. The normalized spacial score (nSPS) is 14.6. The molecule has 6 nitrogen and oxygen atoms in total. The van der Waals surface area contributed by atoms with E-state index in [2.05, 4.69) is 21.2 Å². The first-order valence-electron chi connectivity index (χ1n) is 8.94. The minimum absolute atomic E-state index is 0.0736. The number of para-hydroxylation sites is 1. The zero-order valence-corrected chi connectivity index (χ0v) is 16.8. The third kappa shape index (κ3) is 5.77. The first-order chi connectivity index (χ1) is 13.5. The fourth-order valence-electron chi connectivity index (χ4n) is 2.90. The molecular weight excluding hydrogens is 429 g/mol. The molecule has 0 aliphatic carbocycles. The fraction of sp³-hybridized carbons (Fsp3) is 0.300. The molecule has 2 aromatic rings. The summed E-state index contributed by atoms with van der Waals surface area (Å²) in [6.45, 7) is 2.48. The molecule has 2 aromatic carbocycles. The molecule has 3 rings (SSSR count). The number of rotatable bonds is 6. The van der Waals surface area contributed by atoms with Gasteiger partial charge in [0.05, 0.1) is 11.0 Å². The number of hydrogen-bond donors (Lipinski definition) is 1. The Morgan fingerprint density at radius 1 is 1.07 bits per heavy atom. The Hall–Kier alpha value is -2.45. The van der Waals surface area contributed by atoms with Crippen LogP contribution in [0.3, 0.4) is 0 Å². The van der Waals surface area contributed by atoms with Crippen molar-refractivity contribution in [2.24, 2.45) is 0 Å². The predicted molar refractivity (Wildman–Crippen MR) is 108 cm³/mol. The standard InChI is InChI=1S/C20H21BrFN3O3/c21-17-12-15(22)6-7-18(17)28-14-20(27)25-10-8-24(9-11-25)13-19(26)23-16-4-2-1-3-5-16/h1-7,12H,8-11,13-14H2,(H,23,26). The molecule has 1 N–H and O–H groups in total. The van der Waals surface area contributed by atoms with Crippen molar-refractivity contribution in [3.63, 3.8) is 0 Å². The molecule has 1 aliphatic heterocycles. The van der Waals surface area contributed by atoms with Crippen molar-refractivity contribution in [1.29, 1.82) is 0 Å². The van der Waals surface area contributed by atoms with E-state index in [1.165, 1.54) is 18.2 Å². The van der Waals surface area contributed by atoms with Crippen LogP contribution in [0.1, 0.15) is 0 Å². The molecule has 148 valence electrons. The number of carbonyl (C=O) groups excluding carboxylic acids is 2. The molecule has 1 fully saturated rings. The predicted octanol–water partition coefficient (Wildman–Crippen LogP) is 2.75. The summed E-state index contributed by atoms with van der Waals surface area (Å²) < 4.78 is 19.0. The van der Waals surface area contributed by atoms with Gasteiger partial charge in [0, 0.05) is 31.9 Å². The largest absolute Gasteiger partial charge is 0.483 e. The van der Waals surface area contributed by atoms with Gasteiger partial charge in [-0.25, -0.2) is 4.39 Å². The van der Waals surface area contributed by atoms with Crippen molar-refractivity contribution >= 4 is 33.4 Å².